The molecule has 0 spiro atoms. The summed E-state index contributed by atoms with van der Waals surface area (Å²) in [7, 11) is 0. The summed E-state index contributed by atoms with van der Waals surface area (Å²) in [5.74, 6) is -1.74. The van der Waals surface area contributed by atoms with Crippen LogP contribution in [0.15, 0.2) is 27.9 Å². The van der Waals surface area contributed by atoms with E-state index in [1.54, 1.807) is 26.0 Å². The summed E-state index contributed by atoms with van der Waals surface area (Å²) in [6, 6.07) is 3.14. The molecule has 110 valence electrons. The predicted octanol–water partition coefficient (Wildman–Crippen LogP) is 1.04. The highest BCUT2D eigenvalue weighted by Crippen LogP contribution is 2.15. The number of carboxylic acid groups (broad SMARTS) is 1. The van der Waals surface area contributed by atoms with Crippen molar-refractivity contribution in [2.24, 2.45) is 0 Å². The van der Waals surface area contributed by atoms with Gasteiger partial charge in [-0.3, -0.25) is 14.3 Å². The van der Waals surface area contributed by atoms with E-state index >= 15 is 0 Å². The van der Waals surface area contributed by atoms with Gasteiger partial charge in [0.25, 0.3) is 5.56 Å². The summed E-state index contributed by atoms with van der Waals surface area (Å²) in [6.45, 7) is 3.24. The number of hydrogen-bond donors (Lipinski definition) is 2. The van der Waals surface area contributed by atoms with Gasteiger partial charge in [-0.2, -0.15) is 0 Å². The Morgan fingerprint density at radius 3 is 2.38 bits per heavy atom. The Morgan fingerprint density at radius 2 is 1.86 bits per heavy atom. The van der Waals surface area contributed by atoms with Crippen LogP contribution in [0.25, 0.3) is 0 Å². The average molecular weight is 292 g/mol. The number of hydrogen-bond acceptors (Lipinski definition) is 3. The standard InChI is InChI=1S/C14H13FN2O4/c1-7-3-9(4-8(2)11(7)15)5-17-6-10(13(19)20)12(18)16-14(17)21/h3-4,6H,5H2,1-2H3,(H,19,20)(H,16,18,21). The van der Waals surface area contributed by atoms with Crippen LogP contribution in [0.2, 0.25) is 0 Å². The third-order valence-electron chi connectivity index (χ3n) is 3.09. The van der Waals surface area contributed by atoms with E-state index in [-0.39, 0.29) is 12.4 Å². The molecule has 0 radical (unpaired) electrons. The zero-order valence-electron chi connectivity index (χ0n) is 11.4. The molecule has 0 amide bonds. The van der Waals surface area contributed by atoms with Crippen molar-refractivity contribution in [3.8, 4) is 0 Å². The van der Waals surface area contributed by atoms with Gasteiger partial charge in [-0.05, 0) is 30.5 Å². The first kappa shape index (κ1) is 14.7. The van der Waals surface area contributed by atoms with E-state index in [0.29, 0.717) is 16.7 Å². The molecule has 0 unspecified atom stereocenters. The molecular formula is C14H13FN2O4. The minimum absolute atomic E-state index is 0.0395. The number of carbonyl (C=O) groups is 1. The Kier molecular flexibility index (Phi) is 3.75. The minimum Gasteiger partial charge on any atom is -0.477 e. The number of aromatic nitrogens is 2. The highest BCUT2D eigenvalue weighted by atomic mass is 19.1. The third kappa shape index (κ3) is 2.91. The molecule has 1 aromatic carbocycles. The molecule has 21 heavy (non-hydrogen) atoms. The quantitative estimate of drug-likeness (QED) is 0.884. The van der Waals surface area contributed by atoms with Crippen LogP contribution < -0.4 is 11.2 Å². The summed E-state index contributed by atoms with van der Waals surface area (Å²) in [5.41, 5.74) is -0.691. The molecule has 7 heteroatoms. The van der Waals surface area contributed by atoms with Gasteiger partial charge >= 0.3 is 11.7 Å². The lowest BCUT2D eigenvalue weighted by molar-refractivity contribution is 0.0693. The van der Waals surface area contributed by atoms with Gasteiger partial charge in [0.05, 0.1) is 6.54 Å². The number of benzene rings is 1. The Balaban J connectivity index is 2.49. The smallest absolute Gasteiger partial charge is 0.342 e. The number of nitrogens with zero attached hydrogens (tertiary/aromatic N) is 1. The molecule has 2 aromatic rings. The van der Waals surface area contributed by atoms with E-state index < -0.39 is 22.8 Å². The summed E-state index contributed by atoms with van der Waals surface area (Å²) in [4.78, 5) is 35.9. The van der Waals surface area contributed by atoms with Crippen LogP contribution in [0, 0.1) is 19.7 Å². The van der Waals surface area contributed by atoms with Crippen molar-refractivity contribution >= 4 is 5.97 Å². The first-order valence-corrected chi connectivity index (χ1v) is 6.12. The largest absolute Gasteiger partial charge is 0.477 e. The van der Waals surface area contributed by atoms with Gasteiger partial charge in [0, 0.05) is 6.20 Å². The summed E-state index contributed by atoms with van der Waals surface area (Å²) in [6.07, 6.45) is 0.984. The van der Waals surface area contributed by atoms with Gasteiger partial charge in [0.15, 0.2) is 0 Å². The van der Waals surface area contributed by atoms with E-state index in [9.17, 15) is 18.8 Å². The molecule has 0 saturated carbocycles. The van der Waals surface area contributed by atoms with Crippen molar-refractivity contribution in [2.45, 2.75) is 20.4 Å². The van der Waals surface area contributed by atoms with E-state index in [0.717, 1.165) is 10.8 Å². The zero-order chi connectivity index (χ0) is 15.7. The molecule has 2 N–H and O–H groups in total. The van der Waals surface area contributed by atoms with Crippen LogP contribution in [-0.2, 0) is 6.54 Å². The highest BCUT2D eigenvalue weighted by molar-refractivity contribution is 5.86. The lowest BCUT2D eigenvalue weighted by Gasteiger charge is -2.09. The zero-order valence-corrected chi connectivity index (χ0v) is 11.4. The molecule has 0 aliphatic carbocycles. The van der Waals surface area contributed by atoms with Gasteiger partial charge in [-0.15, -0.1) is 0 Å². The van der Waals surface area contributed by atoms with Crippen molar-refractivity contribution in [3.63, 3.8) is 0 Å². The normalized spacial score (nSPS) is 10.6. The van der Waals surface area contributed by atoms with E-state index in [4.69, 9.17) is 5.11 Å². The van der Waals surface area contributed by atoms with Crippen molar-refractivity contribution in [3.05, 3.63) is 67.2 Å². The Bertz CT molecular complexity index is 813. The Morgan fingerprint density at radius 1 is 1.29 bits per heavy atom. The molecule has 1 heterocycles. The van der Waals surface area contributed by atoms with Crippen LogP contribution in [-0.4, -0.2) is 20.6 Å². The van der Waals surface area contributed by atoms with Crippen LogP contribution in [0.4, 0.5) is 4.39 Å². The molecule has 0 bridgehead atoms. The molecular weight excluding hydrogens is 279 g/mol. The summed E-state index contributed by atoms with van der Waals surface area (Å²) in [5, 5.41) is 8.89. The number of aromatic amines is 1. The van der Waals surface area contributed by atoms with Gasteiger partial charge in [0.1, 0.15) is 11.4 Å². The minimum atomic E-state index is -1.42. The van der Waals surface area contributed by atoms with Gasteiger partial charge < -0.3 is 5.11 Å². The summed E-state index contributed by atoms with van der Waals surface area (Å²) < 4.78 is 14.6. The maximum atomic E-state index is 13.6. The first-order valence-electron chi connectivity index (χ1n) is 6.12. The molecule has 0 saturated heterocycles. The highest BCUT2D eigenvalue weighted by Gasteiger charge is 2.12. The number of carboxylic acids is 1. The summed E-state index contributed by atoms with van der Waals surface area (Å²) >= 11 is 0. The van der Waals surface area contributed by atoms with Crippen molar-refractivity contribution in [1.82, 2.24) is 9.55 Å². The average Bonchev–Trinajstić information content (AvgIpc) is 2.38. The molecule has 0 aliphatic heterocycles. The second kappa shape index (κ2) is 5.35. The lowest BCUT2D eigenvalue weighted by Crippen LogP contribution is -2.33. The maximum absolute atomic E-state index is 13.6. The van der Waals surface area contributed by atoms with Crippen molar-refractivity contribution in [2.75, 3.05) is 0 Å². The van der Waals surface area contributed by atoms with E-state index in [2.05, 4.69) is 0 Å². The Hall–Kier alpha value is -2.70. The van der Waals surface area contributed by atoms with Crippen molar-refractivity contribution < 1.29 is 14.3 Å². The number of halogens is 1. The number of aromatic carboxylic acids is 1. The SMILES string of the molecule is Cc1cc(Cn2cc(C(=O)O)c(=O)[nH]c2=O)cc(C)c1F. The predicted molar refractivity (Wildman–Crippen MR) is 73.3 cm³/mol. The molecule has 0 atom stereocenters. The molecule has 6 nitrogen and oxygen atoms in total. The van der Waals surface area contributed by atoms with Crippen LogP contribution in [0.1, 0.15) is 27.0 Å². The number of H-pyrrole nitrogens is 1. The van der Waals surface area contributed by atoms with Gasteiger partial charge in [-0.25, -0.2) is 14.0 Å². The van der Waals surface area contributed by atoms with Gasteiger partial charge in [-0.1, -0.05) is 12.1 Å². The maximum Gasteiger partial charge on any atom is 0.342 e. The van der Waals surface area contributed by atoms with Crippen LogP contribution in [0.5, 0.6) is 0 Å². The van der Waals surface area contributed by atoms with E-state index in [1.165, 1.54) is 0 Å². The fourth-order valence-corrected chi connectivity index (χ4v) is 2.10. The lowest BCUT2D eigenvalue weighted by atomic mass is 10.1. The molecule has 1 aromatic heterocycles. The number of aryl methyl sites for hydroxylation is 2. The van der Waals surface area contributed by atoms with Crippen molar-refractivity contribution in [1.29, 1.82) is 0 Å². The number of rotatable bonds is 3. The second-order valence-corrected chi connectivity index (χ2v) is 4.78. The van der Waals surface area contributed by atoms with E-state index in [1.807, 2.05) is 4.98 Å². The topological polar surface area (TPSA) is 92.2 Å². The first-order chi connectivity index (χ1) is 9.79. The molecule has 0 aliphatic rings. The number of nitrogens with one attached hydrogen (secondary N) is 1. The Labute approximate surface area is 118 Å². The fraction of sp³-hybridized carbons (Fsp3) is 0.214. The second-order valence-electron chi connectivity index (χ2n) is 4.78. The van der Waals surface area contributed by atoms with Crippen LogP contribution in [0.3, 0.4) is 0 Å². The third-order valence-corrected chi connectivity index (χ3v) is 3.09. The fourth-order valence-electron chi connectivity index (χ4n) is 2.10. The molecule has 0 fully saturated rings. The van der Waals surface area contributed by atoms with Crippen LogP contribution >= 0.6 is 0 Å². The monoisotopic (exact) mass is 292 g/mol. The van der Waals surface area contributed by atoms with Gasteiger partial charge in [0.2, 0.25) is 0 Å². The molecule has 2 rings (SSSR count).